The number of carbonyl (C=O) groups excluding carboxylic acids is 1. The maximum absolute atomic E-state index is 12.8. The number of thiazole rings is 1. The molecule has 0 N–H and O–H groups in total. The molecule has 0 unspecified atom stereocenters. The van der Waals surface area contributed by atoms with Gasteiger partial charge in [-0.15, -0.1) is 11.3 Å². The second kappa shape index (κ2) is 7.93. The molecule has 4 nitrogen and oxygen atoms in total. The highest BCUT2D eigenvalue weighted by Gasteiger charge is 2.22. The van der Waals surface area contributed by atoms with Crippen LogP contribution in [-0.4, -0.2) is 46.9 Å². The summed E-state index contributed by atoms with van der Waals surface area (Å²) in [7, 11) is 0. The molecule has 1 saturated heterocycles. The number of amides is 1. The van der Waals surface area contributed by atoms with Gasteiger partial charge in [0.1, 0.15) is 5.01 Å². The largest absolute Gasteiger partial charge is 0.340 e. The third-order valence-electron chi connectivity index (χ3n) is 5.59. The fourth-order valence-corrected chi connectivity index (χ4v) is 4.98. The monoisotopic (exact) mass is 401 g/mol. The first-order valence-corrected chi connectivity index (χ1v) is 10.9. The predicted octanol–water partition coefficient (Wildman–Crippen LogP) is 4.34. The van der Waals surface area contributed by atoms with E-state index in [1.807, 2.05) is 23.1 Å². The van der Waals surface area contributed by atoms with Gasteiger partial charge in [0.15, 0.2) is 0 Å². The molecule has 0 atom stereocenters. The summed E-state index contributed by atoms with van der Waals surface area (Å²) in [5.74, 6) is 0.222. The Labute approximate surface area is 174 Å². The summed E-state index contributed by atoms with van der Waals surface area (Å²) in [6.07, 6.45) is 0.475. The van der Waals surface area contributed by atoms with Crippen molar-refractivity contribution in [3.63, 3.8) is 0 Å². The lowest BCUT2D eigenvalue weighted by atomic mass is 10.0. The van der Waals surface area contributed by atoms with Crippen LogP contribution < -0.4 is 0 Å². The van der Waals surface area contributed by atoms with Gasteiger partial charge in [0.25, 0.3) is 0 Å². The maximum atomic E-state index is 12.8. The van der Waals surface area contributed by atoms with Gasteiger partial charge in [0, 0.05) is 26.2 Å². The van der Waals surface area contributed by atoms with Crippen molar-refractivity contribution in [1.29, 1.82) is 0 Å². The number of piperazine rings is 1. The van der Waals surface area contributed by atoms with Gasteiger partial charge in [-0.25, -0.2) is 4.98 Å². The lowest BCUT2D eigenvalue weighted by Gasteiger charge is -2.34. The summed E-state index contributed by atoms with van der Waals surface area (Å²) < 4.78 is 1.24. The summed E-state index contributed by atoms with van der Waals surface area (Å²) in [5.41, 5.74) is 2.17. The molecule has 2 heterocycles. The van der Waals surface area contributed by atoms with Crippen molar-refractivity contribution < 1.29 is 4.79 Å². The molecule has 0 spiro atoms. The Morgan fingerprint density at radius 2 is 1.66 bits per heavy atom. The van der Waals surface area contributed by atoms with Gasteiger partial charge in [0.05, 0.1) is 23.2 Å². The van der Waals surface area contributed by atoms with Gasteiger partial charge in [-0.05, 0) is 28.5 Å². The van der Waals surface area contributed by atoms with Gasteiger partial charge in [-0.3, -0.25) is 9.69 Å². The summed E-state index contributed by atoms with van der Waals surface area (Å²) >= 11 is 1.77. The van der Waals surface area contributed by atoms with Crippen LogP contribution in [0, 0.1) is 0 Å². The molecule has 1 aliphatic rings. The molecule has 1 aliphatic heterocycles. The summed E-state index contributed by atoms with van der Waals surface area (Å²) in [4.78, 5) is 21.9. The molecule has 1 amide bonds. The third kappa shape index (κ3) is 4.02. The van der Waals surface area contributed by atoms with Crippen molar-refractivity contribution in [2.75, 3.05) is 26.2 Å². The number of carbonyl (C=O) groups is 1. The molecule has 5 heteroatoms. The van der Waals surface area contributed by atoms with Gasteiger partial charge in [-0.2, -0.15) is 0 Å². The predicted molar refractivity (Wildman–Crippen MR) is 119 cm³/mol. The Balaban J connectivity index is 1.17. The lowest BCUT2D eigenvalue weighted by Crippen LogP contribution is -2.48. The number of hydrogen-bond donors (Lipinski definition) is 0. The second-order valence-corrected chi connectivity index (χ2v) is 8.71. The summed E-state index contributed by atoms with van der Waals surface area (Å²) in [6.45, 7) is 4.25. The smallest absolute Gasteiger partial charge is 0.227 e. The fourth-order valence-electron chi connectivity index (χ4n) is 3.97. The van der Waals surface area contributed by atoms with Crippen molar-refractivity contribution in [3.8, 4) is 0 Å². The maximum Gasteiger partial charge on any atom is 0.227 e. The SMILES string of the molecule is O=C(Cc1ccc2ccccc2c1)N1CCN(Cc2nc3ccccc3s2)CC1. The topological polar surface area (TPSA) is 36.4 Å². The van der Waals surface area contributed by atoms with Gasteiger partial charge in [-0.1, -0.05) is 54.6 Å². The summed E-state index contributed by atoms with van der Waals surface area (Å²) in [6, 6.07) is 22.9. The average molecular weight is 402 g/mol. The molecular weight excluding hydrogens is 378 g/mol. The zero-order valence-electron chi connectivity index (χ0n) is 16.3. The van der Waals surface area contributed by atoms with Crippen molar-refractivity contribution in [3.05, 3.63) is 77.3 Å². The number of para-hydroxylation sites is 1. The number of fused-ring (bicyclic) bond motifs is 2. The standard InChI is InChI=1S/C24H23N3OS/c28-24(16-18-9-10-19-5-1-2-6-20(19)15-18)27-13-11-26(12-14-27)17-23-25-21-7-3-4-8-22(21)29-23/h1-10,15H,11-14,16-17H2. The highest BCUT2D eigenvalue weighted by atomic mass is 32.1. The quantitative estimate of drug-likeness (QED) is 0.511. The number of hydrogen-bond acceptors (Lipinski definition) is 4. The van der Waals surface area contributed by atoms with Crippen LogP contribution in [-0.2, 0) is 17.8 Å². The molecule has 0 aliphatic carbocycles. The molecule has 3 aromatic carbocycles. The van der Waals surface area contributed by atoms with E-state index in [1.165, 1.54) is 15.5 Å². The highest BCUT2D eigenvalue weighted by molar-refractivity contribution is 7.18. The van der Waals surface area contributed by atoms with Crippen LogP contribution in [0.3, 0.4) is 0 Å². The fraction of sp³-hybridized carbons (Fsp3) is 0.250. The molecule has 1 aromatic heterocycles. The van der Waals surface area contributed by atoms with Crippen molar-refractivity contribution >= 4 is 38.2 Å². The summed E-state index contributed by atoms with van der Waals surface area (Å²) in [5, 5.41) is 3.56. The molecule has 0 bridgehead atoms. The lowest BCUT2D eigenvalue weighted by molar-refractivity contribution is -0.132. The molecule has 0 saturated carbocycles. The number of benzene rings is 3. The minimum absolute atomic E-state index is 0.222. The number of rotatable bonds is 4. The van der Waals surface area contributed by atoms with E-state index in [1.54, 1.807) is 11.3 Å². The third-order valence-corrected chi connectivity index (χ3v) is 6.61. The number of aromatic nitrogens is 1. The minimum atomic E-state index is 0.222. The van der Waals surface area contributed by atoms with E-state index in [0.29, 0.717) is 6.42 Å². The average Bonchev–Trinajstić information content (AvgIpc) is 3.16. The Kier molecular flexibility index (Phi) is 5.00. The Morgan fingerprint density at radius 3 is 2.48 bits per heavy atom. The van der Waals surface area contributed by atoms with E-state index in [0.717, 1.165) is 48.8 Å². The van der Waals surface area contributed by atoms with Crippen molar-refractivity contribution in [2.24, 2.45) is 0 Å². The van der Waals surface area contributed by atoms with Crippen LogP contribution in [0.15, 0.2) is 66.7 Å². The Bertz CT molecular complexity index is 1130. The Hall–Kier alpha value is -2.76. The molecule has 29 heavy (non-hydrogen) atoms. The van der Waals surface area contributed by atoms with Crippen molar-refractivity contribution in [2.45, 2.75) is 13.0 Å². The van der Waals surface area contributed by atoms with Gasteiger partial charge in [0.2, 0.25) is 5.91 Å². The van der Waals surface area contributed by atoms with E-state index >= 15 is 0 Å². The first-order valence-electron chi connectivity index (χ1n) is 10.1. The normalized spacial score (nSPS) is 15.2. The second-order valence-electron chi connectivity index (χ2n) is 7.59. The van der Waals surface area contributed by atoms with Crippen LogP contribution in [0.5, 0.6) is 0 Å². The zero-order chi connectivity index (χ0) is 19.6. The van der Waals surface area contributed by atoms with Gasteiger partial charge < -0.3 is 4.90 Å². The first-order chi connectivity index (χ1) is 14.2. The van der Waals surface area contributed by atoms with Crippen LogP contribution in [0.2, 0.25) is 0 Å². The number of nitrogens with zero attached hydrogens (tertiary/aromatic N) is 3. The minimum Gasteiger partial charge on any atom is -0.340 e. The van der Waals surface area contributed by atoms with Crippen LogP contribution >= 0.6 is 11.3 Å². The Morgan fingerprint density at radius 1 is 0.897 bits per heavy atom. The van der Waals surface area contributed by atoms with E-state index < -0.39 is 0 Å². The van der Waals surface area contributed by atoms with Crippen LogP contribution in [0.4, 0.5) is 0 Å². The van der Waals surface area contributed by atoms with E-state index in [2.05, 4.69) is 53.4 Å². The van der Waals surface area contributed by atoms with E-state index in [9.17, 15) is 4.79 Å². The molecular formula is C24H23N3OS. The van der Waals surface area contributed by atoms with Crippen LogP contribution in [0.1, 0.15) is 10.6 Å². The van der Waals surface area contributed by atoms with E-state index in [4.69, 9.17) is 4.98 Å². The van der Waals surface area contributed by atoms with E-state index in [-0.39, 0.29) is 5.91 Å². The molecule has 4 aromatic rings. The highest BCUT2D eigenvalue weighted by Crippen LogP contribution is 2.23. The molecule has 1 fully saturated rings. The first kappa shape index (κ1) is 18.3. The molecule has 0 radical (unpaired) electrons. The van der Waals surface area contributed by atoms with Crippen LogP contribution in [0.25, 0.3) is 21.0 Å². The molecule has 5 rings (SSSR count). The van der Waals surface area contributed by atoms with Gasteiger partial charge >= 0.3 is 0 Å². The zero-order valence-corrected chi connectivity index (χ0v) is 17.1. The molecule has 146 valence electrons. The van der Waals surface area contributed by atoms with Crippen molar-refractivity contribution in [1.82, 2.24) is 14.8 Å².